The van der Waals surface area contributed by atoms with Gasteiger partial charge in [-0.3, -0.25) is 4.68 Å². The Morgan fingerprint density at radius 2 is 2.06 bits per heavy atom. The maximum absolute atomic E-state index is 14.2. The van der Waals surface area contributed by atoms with Gasteiger partial charge in [-0.1, -0.05) is 0 Å². The third-order valence-electron chi connectivity index (χ3n) is 6.31. The highest BCUT2D eigenvalue weighted by Gasteiger charge is 2.31. The van der Waals surface area contributed by atoms with Crippen LogP contribution in [0.5, 0.6) is 5.75 Å². The molecule has 3 N–H and O–H groups in total. The number of fused-ring (bicyclic) bond motifs is 3. The molecule has 1 fully saturated rings. The van der Waals surface area contributed by atoms with Gasteiger partial charge in [-0.05, 0) is 39.7 Å². The topological polar surface area (TPSA) is 120 Å². The van der Waals surface area contributed by atoms with E-state index in [0.717, 1.165) is 18.5 Å². The van der Waals surface area contributed by atoms with Gasteiger partial charge < -0.3 is 20.5 Å². The molecule has 0 saturated carbocycles. The van der Waals surface area contributed by atoms with E-state index in [9.17, 15) is 9.50 Å². The van der Waals surface area contributed by atoms with E-state index in [-0.39, 0.29) is 11.9 Å². The second kappa shape index (κ2) is 8.08. The van der Waals surface area contributed by atoms with Crippen molar-refractivity contribution in [1.29, 1.82) is 0 Å². The number of anilines is 2. The molecular formula is C23H29FN8O2. The van der Waals surface area contributed by atoms with Crippen LogP contribution in [0.3, 0.4) is 0 Å². The van der Waals surface area contributed by atoms with E-state index in [1.165, 1.54) is 23.8 Å². The summed E-state index contributed by atoms with van der Waals surface area (Å²) in [5.74, 6) is 0.723. The van der Waals surface area contributed by atoms with Crippen LogP contribution in [0.1, 0.15) is 45.4 Å². The summed E-state index contributed by atoms with van der Waals surface area (Å²) >= 11 is 0. The third-order valence-corrected chi connectivity index (χ3v) is 6.31. The summed E-state index contributed by atoms with van der Waals surface area (Å²) in [4.78, 5) is 11.5. The maximum atomic E-state index is 14.2. The Hall–Kier alpha value is -3.47. The molecule has 1 aliphatic heterocycles. The Bertz CT molecular complexity index is 1360. The fourth-order valence-corrected chi connectivity index (χ4v) is 4.67. The Kier molecular flexibility index (Phi) is 5.31. The fourth-order valence-electron chi connectivity index (χ4n) is 4.67. The predicted molar refractivity (Wildman–Crippen MR) is 127 cm³/mol. The van der Waals surface area contributed by atoms with E-state index in [4.69, 9.17) is 15.5 Å². The van der Waals surface area contributed by atoms with E-state index in [1.54, 1.807) is 18.5 Å². The normalized spacial score (nSPS) is 19.3. The molecule has 180 valence electrons. The van der Waals surface area contributed by atoms with Gasteiger partial charge >= 0.3 is 0 Å². The molecule has 11 heteroatoms. The highest BCUT2D eigenvalue weighted by atomic mass is 19.1. The Balaban J connectivity index is 1.49. The summed E-state index contributed by atoms with van der Waals surface area (Å²) in [5, 5.41) is 19.7. The van der Waals surface area contributed by atoms with Crippen molar-refractivity contribution >= 4 is 28.2 Å². The summed E-state index contributed by atoms with van der Waals surface area (Å²) in [6.45, 7) is 6.82. The van der Waals surface area contributed by atoms with Gasteiger partial charge in [-0.25, -0.2) is 14.4 Å². The molecule has 3 aromatic heterocycles. The van der Waals surface area contributed by atoms with E-state index < -0.39 is 11.4 Å². The van der Waals surface area contributed by atoms with E-state index in [0.29, 0.717) is 47.3 Å². The molecule has 0 unspecified atom stereocenters. The summed E-state index contributed by atoms with van der Waals surface area (Å²) < 4.78 is 22.8. The van der Waals surface area contributed by atoms with Gasteiger partial charge in [0.1, 0.15) is 17.1 Å². The van der Waals surface area contributed by atoms with Crippen molar-refractivity contribution in [2.45, 2.75) is 57.7 Å². The van der Waals surface area contributed by atoms with Crippen molar-refractivity contribution in [3.63, 3.8) is 0 Å². The molecule has 0 bridgehead atoms. The number of aromatic nitrogens is 6. The van der Waals surface area contributed by atoms with E-state index in [2.05, 4.69) is 27.0 Å². The van der Waals surface area contributed by atoms with Crippen LogP contribution in [0.25, 0.3) is 16.6 Å². The number of hydrogen-bond donors (Lipinski definition) is 2. The third kappa shape index (κ3) is 4.00. The number of nitrogens with two attached hydrogens (primary N) is 1. The molecule has 34 heavy (non-hydrogen) atoms. The van der Waals surface area contributed by atoms with Crippen LogP contribution in [0.2, 0.25) is 0 Å². The number of ether oxygens (including phenoxy) is 1. The smallest absolute Gasteiger partial charge is 0.223 e. The highest BCUT2D eigenvalue weighted by Crippen LogP contribution is 2.34. The van der Waals surface area contributed by atoms with Gasteiger partial charge in [-0.2, -0.15) is 9.61 Å². The largest absolute Gasteiger partial charge is 0.494 e. The lowest BCUT2D eigenvalue weighted by Gasteiger charge is -2.37. The van der Waals surface area contributed by atoms with Crippen LogP contribution in [0, 0.1) is 5.82 Å². The number of methoxy groups -OCH3 is 1. The quantitative estimate of drug-likeness (QED) is 0.459. The molecular weight excluding hydrogens is 439 g/mol. The first-order chi connectivity index (χ1) is 16.1. The van der Waals surface area contributed by atoms with Crippen LogP contribution < -0.4 is 15.4 Å². The van der Waals surface area contributed by atoms with Crippen molar-refractivity contribution in [3.8, 4) is 5.75 Å². The number of rotatable bonds is 5. The predicted octanol–water partition coefficient (Wildman–Crippen LogP) is 2.75. The maximum Gasteiger partial charge on any atom is 0.223 e. The molecule has 1 aromatic carbocycles. The summed E-state index contributed by atoms with van der Waals surface area (Å²) in [6.07, 6.45) is 5.65. The molecule has 0 spiro atoms. The Morgan fingerprint density at radius 3 is 2.79 bits per heavy atom. The van der Waals surface area contributed by atoms with Crippen molar-refractivity contribution in [1.82, 2.24) is 29.4 Å². The molecule has 0 amide bonds. The summed E-state index contributed by atoms with van der Waals surface area (Å²) in [7, 11) is 1.47. The number of halogens is 1. The SMILES string of the molecule is COc1cc(F)cc2c1nc(N)n1nc([C@@H]3CC[C@@H](C)N(c4cnn(CC(C)(C)O)c4)C3)nc21. The molecule has 4 aromatic rings. The molecule has 10 nitrogen and oxygen atoms in total. The second-order valence-electron chi connectivity index (χ2n) is 9.66. The molecule has 0 radical (unpaired) electrons. The number of aliphatic hydroxyl groups is 1. The number of hydrogen-bond acceptors (Lipinski definition) is 8. The summed E-state index contributed by atoms with van der Waals surface area (Å²) in [6, 6.07) is 2.98. The minimum atomic E-state index is -0.849. The van der Waals surface area contributed by atoms with Crippen LogP contribution in [-0.2, 0) is 6.54 Å². The second-order valence-corrected chi connectivity index (χ2v) is 9.66. The van der Waals surface area contributed by atoms with Gasteiger partial charge in [0.2, 0.25) is 5.95 Å². The van der Waals surface area contributed by atoms with Crippen LogP contribution in [-0.4, -0.2) is 59.8 Å². The zero-order chi connectivity index (χ0) is 24.2. The average molecular weight is 469 g/mol. The van der Waals surface area contributed by atoms with Crippen molar-refractivity contribution in [2.24, 2.45) is 0 Å². The van der Waals surface area contributed by atoms with Crippen LogP contribution in [0.4, 0.5) is 16.0 Å². The number of benzene rings is 1. The molecule has 1 aliphatic rings. The number of piperidine rings is 1. The Labute approximate surface area is 196 Å². The minimum Gasteiger partial charge on any atom is -0.494 e. The highest BCUT2D eigenvalue weighted by molar-refractivity contribution is 5.95. The van der Waals surface area contributed by atoms with Gasteiger partial charge in [0.05, 0.1) is 36.5 Å². The fraction of sp³-hybridized carbons (Fsp3) is 0.478. The molecule has 5 rings (SSSR count). The Morgan fingerprint density at radius 1 is 1.26 bits per heavy atom. The van der Waals surface area contributed by atoms with Crippen molar-refractivity contribution in [2.75, 3.05) is 24.3 Å². The minimum absolute atomic E-state index is 0.0543. The van der Waals surface area contributed by atoms with Crippen molar-refractivity contribution in [3.05, 3.63) is 36.2 Å². The summed E-state index contributed by atoms with van der Waals surface area (Å²) in [5.41, 5.74) is 7.23. The first-order valence-electron chi connectivity index (χ1n) is 11.3. The van der Waals surface area contributed by atoms with Crippen LogP contribution in [0.15, 0.2) is 24.5 Å². The van der Waals surface area contributed by atoms with Gasteiger partial charge in [0.25, 0.3) is 0 Å². The monoisotopic (exact) mass is 468 g/mol. The lowest BCUT2D eigenvalue weighted by atomic mass is 9.92. The lowest BCUT2D eigenvalue weighted by molar-refractivity contribution is 0.0577. The number of nitrogens with zero attached hydrogens (tertiary/aromatic N) is 7. The molecule has 1 saturated heterocycles. The standard InChI is InChI=1S/C23H29FN8O2/c1-13-5-6-14(10-31(13)16-9-26-30(11-16)12-23(2,3)33)20-28-21-17-7-15(24)8-18(34-4)19(17)27-22(25)32(21)29-20/h7-9,11,13-14,33H,5-6,10,12H2,1-4H3,(H2,25,27)/t13-,14-/m1/s1. The van der Waals surface area contributed by atoms with Gasteiger partial charge in [0.15, 0.2) is 11.5 Å². The molecule has 4 heterocycles. The van der Waals surface area contributed by atoms with Gasteiger partial charge in [0, 0.05) is 30.8 Å². The lowest BCUT2D eigenvalue weighted by Crippen LogP contribution is -2.41. The molecule has 2 atom stereocenters. The van der Waals surface area contributed by atoms with Crippen molar-refractivity contribution < 1.29 is 14.2 Å². The van der Waals surface area contributed by atoms with Gasteiger partial charge in [-0.15, -0.1) is 5.10 Å². The first-order valence-corrected chi connectivity index (χ1v) is 11.3. The average Bonchev–Trinajstić information content (AvgIpc) is 3.41. The zero-order valence-corrected chi connectivity index (χ0v) is 19.7. The molecule has 0 aliphatic carbocycles. The van der Waals surface area contributed by atoms with E-state index >= 15 is 0 Å². The van der Waals surface area contributed by atoms with Crippen LogP contribution >= 0.6 is 0 Å². The number of nitrogen functional groups attached to an aromatic ring is 1. The first kappa shape index (κ1) is 22.3. The zero-order valence-electron chi connectivity index (χ0n) is 19.7. The van der Waals surface area contributed by atoms with E-state index in [1.807, 2.05) is 12.4 Å².